The van der Waals surface area contributed by atoms with Crippen LogP contribution >= 0.6 is 0 Å². The zero-order chi connectivity index (χ0) is 9.52. The van der Waals surface area contributed by atoms with Crippen molar-refractivity contribution in [3.05, 3.63) is 0 Å². The second-order valence-electron chi connectivity index (χ2n) is 3.42. The van der Waals surface area contributed by atoms with Crippen LogP contribution in [-0.4, -0.2) is 24.9 Å². The topological polar surface area (TPSA) is 33.6 Å². The highest BCUT2D eigenvalue weighted by atomic mass is 16.6. The summed E-state index contributed by atoms with van der Waals surface area (Å²) in [5.74, 6) is 0. The summed E-state index contributed by atoms with van der Waals surface area (Å²) in [6, 6.07) is 0. The molecule has 0 atom stereocenters. The van der Waals surface area contributed by atoms with E-state index in [1.807, 2.05) is 0 Å². The van der Waals surface area contributed by atoms with Crippen molar-refractivity contribution in [1.82, 2.24) is 5.32 Å². The van der Waals surface area contributed by atoms with Gasteiger partial charge in [0.2, 0.25) is 0 Å². The Morgan fingerprint density at radius 1 is 1.31 bits per heavy atom. The van der Waals surface area contributed by atoms with Crippen LogP contribution in [0.2, 0.25) is 0 Å². The van der Waals surface area contributed by atoms with Crippen molar-refractivity contribution in [3.8, 4) is 0 Å². The minimum Gasteiger partial charge on any atom is -0.392 e. The van der Waals surface area contributed by atoms with Crippen molar-refractivity contribution < 1.29 is 4.84 Å². The van der Waals surface area contributed by atoms with Crippen molar-refractivity contribution in [1.29, 1.82) is 0 Å². The molecule has 1 rings (SSSR count). The Bertz CT molecular complexity index is 156. The lowest BCUT2D eigenvalue weighted by Crippen LogP contribution is -2.31. The Morgan fingerprint density at radius 3 is 2.46 bits per heavy atom. The lowest BCUT2D eigenvalue weighted by atomic mass is 10.1. The average molecular weight is 184 g/mol. The predicted molar refractivity (Wildman–Crippen MR) is 55.0 cm³/mol. The zero-order valence-electron chi connectivity index (χ0n) is 8.68. The van der Waals surface area contributed by atoms with Crippen molar-refractivity contribution in [2.45, 2.75) is 45.6 Å². The van der Waals surface area contributed by atoms with E-state index in [0.29, 0.717) is 6.10 Å². The molecule has 1 N–H and O–H groups in total. The molecule has 3 heteroatoms. The molecule has 0 amide bonds. The molecule has 1 aliphatic heterocycles. The first-order valence-corrected chi connectivity index (χ1v) is 5.29. The van der Waals surface area contributed by atoms with Gasteiger partial charge in [0.05, 0.1) is 5.71 Å². The number of hydrogen-bond acceptors (Lipinski definition) is 3. The van der Waals surface area contributed by atoms with E-state index in [1.54, 1.807) is 0 Å². The van der Waals surface area contributed by atoms with E-state index in [4.69, 9.17) is 4.84 Å². The van der Waals surface area contributed by atoms with E-state index >= 15 is 0 Å². The van der Waals surface area contributed by atoms with Crippen LogP contribution in [0.15, 0.2) is 5.16 Å². The summed E-state index contributed by atoms with van der Waals surface area (Å²) in [4.78, 5) is 5.47. The van der Waals surface area contributed by atoms with Crippen molar-refractivity contribution in [2.75, 3.05) is 13.1 Å². The van der Waals surface area contributed by atoms with Crippen LogP contribution < -0.4 is 5.32 Å². The normalized spacial score (nSPS) is 18.3. The second kappa shape index (κ2) is 5.97. The molecule has 1 fully saturated rings. The van der Waals surface area contributed by atoms with E-state index in [2.05, 4.69) is 24.3 Å². The van der Waals surface area contributed by atoms with Gasteiger partial charge in [0.1, 0.15) is 6.10 Å². The van der Waals surface area contributed by atoms with Gasteiger partial charge in [-0.05, 0) is 38.8 Å². The van der Waals surface area contributed by atoms with E-state index < -0.39 is 0 Å². The van der Waals surface area contributed by atoms with Gasteiger partial charge in [-0.1, -0.05) is 19.0 Å². The largest absolute Gasteiger partial charge is 0.392 e. The predicted octanol–water partition coefficient (Wildman–Crippen LogP) is 1.93. The number of piperidine rings is 1. The number of oxime groups is 1. The van der Waals surface area contributed by atoms with Crippen molar-refractivity contribution >= 4 is 5.71 Å². The highest BCUT2D eigenvalue weighted by Gasteiger charge is 2.13. The monoisotopic (exact) mass is 184 g/mol. The molecule has 0 unspecified atom stereocenters. The molecule has 0 saturated carbocycles. The van der Waals surface area contributed by atoms with Crippen LogP contribution in [0, 0.1) is 0 Å². The zero-order valence-corrected chi connectivity index (χ0v) is 8.68. The van der Waals surface area contributed by atoms with Crippen LogP contribution in [0.1, 0.15) is 39.5 Å². The molecule has 0 spiro atoms. The molecule has 0 aromatic rings. The summed E-state index contributed by atoms with van der Waals surface area (Å²) in [5.41, 5.74) is 1.17. The maximum atomic E-state index is 5.47. The lowest BCUT2D eigenvalue weighted by Gasteiger charge is -2.20. The first-order valence-electron chi connectivity index (χ1n) is 5.29. The van der Waals surface area contributed by atoms with Gasteiger partial charge in [-0.2, -0.15) is 0 Å². The molecule has 0 bridgehead atoms. The van der Waals surface area contributed by atoms with Crippen LogP contribution in [0.3, 0.4) is 0 Å². The quantitative estimate of drug-likeness (QED) is 0.535. The Labute approximate surface area is 80.5 Å². The number of hydrogen-bond donors (Lipinski definition) is 1. The highest BCUT2D eigenvalue weighted by Crippen LogP contribution is 2.08. The molecule has 76 valence electrons. The summed E-state index contributed by atoms with van der Waals surface area (Å²) in [7, 11) is 0. The van der Waals surface area contributed by atoms with Gasteiger partial charge in [-0.25, -0.2) is 0 Å². The smallest absolute Gasteiger partial charge is 0.130 e. The molecule has 13 heavy (non-hydrogen) atoms. The molecular formula is C10H20N2O. The lowest BCUT2D eigenvalue weighted by molar-refractivity contribution is 0.0369. The fourth-order valence-corrected chi connectivity index (χ4v) is 1.43. The van der Waals surface area contributed by atoms with E-state index in [-0.39, 0.29) is 0 Å². The third-order valence-electron chi connectivity index (χ3n) is 2.43. The fraction of sp³-hybridized carbons (Fsp3) is 0.900. The third-order valence-corrected chi connectivity index (χ3v) is 2.43. The average Bonchev–Trinajstić information content (AvgIpc) is 2.21. The Morgan fingerprint density at radius 2 is 1.92 bits per heavy atom. The second-order valence-corrected chi connectivity index (χ2v) is 3.42. The minimum absolute atomic E-state index is 0.342. The molecule has 0 aromatic carbocycles. The van der Waals surface area contributed by atoms with E-state index in [1.165, 1.54) is 5.71 Å². The van der Waals surface area contributed by atoms with Crippen molar-refractivity contribution in [2.24, 2.45) is 5.16 Å². The Balaban J connectivity index is 2.26. The summed E-state index contributed by atoms with van der Waals surface area (Å²) in [6.07, 6.45) is 4.52. The van der Waals surface area contributed by atoms with Gasteiger partial charge in [0.15, 0.2) is 0 Å². The first kappa shape index (κ1) is 10.5. The molecule has 0 aliphatic carbocycles. The van der Waals surface area contributed by atoms with Crippen LogP contribution in [0.5, 0.6) is 0 Å². The van der Waals surface area contributed by atoms with E-state index in [9.17, 15) is 0 Å². The SMILES string of the molecule is CCC(CC)=NOC1CCNCC1. The van der Waals surface area contributed by atoms with Gasteiger partial charge in [0, 0.05) is 0 Å². The first-order chi connectivity index (χ1) is 6.36. The van der Waals surface area contributed by atoms with Gasteiger partial charge < -0.3 is 10.2 Å². The fourth-order valence-electron chi connectivity index (χ4n) is 1.43. The number of nitrogens with zero attached hydrogens (tertiary/aromatic N) is 1. The summed E-state index contributed by atoms with van der Waals surface area (Å²) >= 11 is 0. The van der Waals surface area contributed by atoms with Gasteiger partial charge >= 0.3 is 0 Å². The minimum atomic E-state index is 0.342. The maximum absolute atomic E-state index is 5.47. The number of nitrogens with one attached hydrogen (secondary N) is 1. The maximum Gasteiger partial charge on any atom is 0.130 e. The highest BCUT2D eigenvalue weighted by molar-refractivity contribution is 5.83. The van der Waals surface area contributed by atoms with Gasteiger partial charge in [-0.15, -0.1) is 0 Å². The van der Waals surface area contributed by atoms with Crippen LogP contribution in [0.25, 0.3) is 0 Å². The third kappa shape index (κ3) is 3.77. The molecule has 3 nitrogen and oxygen atoms in total. The standard InChI is InChI=1S/C10H20N2O/c1-3-9(4-2)12-13-10-5-7-11-8-6-10/h10-11H,3-8H2,1-2H3. The molecule has 0 radical (unpaired) electrons. The number of rotatable bonds is 4. The Kier molecular flexibility index (Phi) is 4.83. The van der Waals surface area contributed by atoms with Crippen molar-refractivity contribution in [3.63, 3.8) is 0 Å². The summed E-state index contributed by atoms with van der Waals surface area (Å²) < 4.78 is 0. The molecule has 1 saturated heterocycles. The molecule has 0 aromatic heterocycles. The van der Waals surface area contributed by atoms with Gasteiger partial charge in [-0.3, -0.25) is 0 Å². The summed E-state index contributed by atoms with van der Waals surface area (Å²) in [6.45, 7) is 6.36. The van der Waals surface area contributed by atoms with Crippen LogP contribution in [0.4, 0.5) is 0 Å². The molecular weight excluding hydrogens is 164 g/mol. The summed E-state index contributed by atoms with van der Waals surface area (Å²) in [5, 5.41) is 7.48. The molecule has 1 aliphatic rings. The van der Waals surface area contributed by atoms with Crippen LogP contribution in [-0.2, 0) is 4.84 Å². The molecule has 1 heterocycles. The Hall–Kier alpha value is -0.570. The van der Waals surface area contributed by atoms with E-state index in [0.717, 1.165) is 38.8 Å². The van der Waals surface area contributed by atoms with Gasteiger partial charge in [0.25, 0.3) is 0 Å².